The van der Waals surface area contributed by atoms with E-state index in [9.17, 15) is 5.21 Å². The van der Waals surface area contributed by atoms with Gasteiger partial charge < -0.3 is 21.3 Å². The molecule has 58 valence electrons. The highest BCUT2D eigenvalue weighted by Crippen LogP contribution is 1.90. The Balaban J connectivity index is 4.35. The van der Waals surface area contributed by atoms with Crippen molar-refractivity contribution in [3.05, 3.63) is 5.21 Å². The number of nitrogens with zero attached hydrogens (tertiary/aromatic N) is 2. The Morgan fingerprint density at radius 1 is 1.50 bits per heavy atom. The summed E-state index contributed by atoms with van der Waals surface area (Å²) in [6, 6.07) is 0. The number of quaternary nitrogens is 1. The van der Waals surface area contributed by atoms with Crippen molar-refractivity contribution in [3.63, 3.8) is 0 Å². The molecule has 0 unspecified atom stereocenters. The van der Waals surface area contributed by atoms with Gasteiger partial charge in [-0.25, -0.2) is 0 Å². The zero-order valence-corrected chi connectivity index (χ0v) is 5.96. The van der Waals surface area contributed by atoms with Gasteiger partial charge in [-0.3, -0.25) is 5.41 Å². The second-order valence-corrected chi connectivity index (χ2v) is 2.21. The Morgan fingerprint density at radius 2 is 1.90 bits per heavy atom. The number of guanidine groups is 2. The average molecular weight is 145 g/mol. The van der Waals surface area contributed by atoms with Crippen LogP contribution in [0.15, 0.2) is 4.99 Å². The maximum absolute atomic E-state index is 10.9. The molecule has 0 aliphatic carbocycles. The molecular formula is C4H11N5O. The number of nitrogens with two attached hydrogens (primary N) is 2. The van der Waals surface area contributed by atoms with E-state index in [1.165, 1.54) is 14.1 Å². The van der Waals surface area contributed by atoms with Crippen molar-refractivity contribution in [2.75, 3.05) is 14.1 Å². The summed E-state index contributed by atoms with van der Waals surface area (Å²) in [5.41, 5.74) is 10.00. The van der Waals surface area contributed by atoms with Crippen LogP contribution in [0.3, 0.4) is 0 Å². The lowest BCUT2D eigenvalue weighted by Gasteiger charge is -2.30. The molecule has 0 bridgehead atoms. The number of aliphatic imine (C=N–C) groups is 1. The van der Waals surface area contributed by atoms with Gasteiger partial charge in [-0.2, -0.15) is 0 Å². The molecule has 0 aromatic heterocycles. The molecule has 0 aromatic rings. The molecule has 6 nitrogen and oxygen atoms in total. The van der Waals surface area contributed by atoms with Gasteiger partial charge in [0.1, 0.15) is 0 Å². The monoisotopic (exact) mass is 145 g/mol. The van der Waals surface area contributed by atoms with E-state index in [0.29, 0.717) is 0 Å². The molecule has 0 amide bonds. The van der Waals surface area contributed by atoms with Gasteiger partial charge in [-0.1, -0.05) is 0 Å². The van der Waals surface area contributed by atoms with E-state index in [2.05, 4.69) is 4.99 Å². The van der Waals surface area contributed by atoms with Crippen LogP contribution in [0.2, 0.25) is 0 Å². The zero-order valence-electron chi connectivity index (χ0n) is 5.96. The largest absolute Gasteiger partial charge is 0.625 e. The Labute approximate surface area is 58.8 Å². The van der Waals surface area contributed by atoms with Gasteiger partial charge in [0.25, 0.3) is 0 Å². The topological polar surface area (TPSA) is 111 Å². The van der Waals surface area contributed by atoms with Crippen LogP contribution in [-0.2, 0) is 0 Å². The first-order valence-electron chi connectivity index (χ1n) is 2.58. The fourth-order valence-corrected chi connectivity index (χ4v) is 0.244. The SMILES string of the molecule is C[N+](C)([O-])C(N)=NC(=N)N. The maximum Gasteiger partial charge on any atom is 0.302 e. The highest BCUT2D eigenvalue weighted by atomic mass is 16.5. The van der Waals surface area contributed by atoms with Crippen LogP contribution in [0.5, 0.6) is 0 Å². The fourth-order valence-electron chi connectivity index (χ4n) is 0.244. The van der Waals surface area contributed by atoms with Gasteiger partial charge in [0.15, 0.2) is 0 Å². The Bertz CT molecular complexity index is 167. The second kappa shape index (κ2) is 2.63. The molecule has 0 aromatic carbocycles. The molecule has 0 aliphatic heterocycles. The van der Waals surface area contributed by atoms with Gasteiger partial charge in [0, 0.05) is 0 Å². The molecular weight excluding hydrogens is 134 g/mol. The zero-order chi connectivity index (χ0) is 8.36. The third-order valence-electron chi connectivity index (χ3n) is 0.787. The minimum atomic E-state index is -0.862. The molecule has 5 N–H and O–H groups in total. The quantitative estimate of drug-likeness (QED) is 0.172. The van der Waals surface area contributed by atoms with E-state index in [1.807, 2.05) is 0 Å². The van der Waals surface area contributed by atoms with E-state index in [1.54, 1.807) is 0 Å². The first kappa shape index (κ1) is 8.86. The molecule has 6 heteroatoms. The van der Waals surface area contributed by atoms with Crippen LogP contribution < -0.4 is 11.5 Å². The lowest BCUT2D eigenvalue weighted by Crippen LogP contribution is -2.45. The number of hydrogen-bond acceptors (Lipinski definition) is 2. The fraction of sp³-hybridized carbons (Fsp3) is 0.500. The Morgan fingerprint density at radius 3 is 2.00 bits per heavy atom. The van der Waals surface area contributed by atoms with Gasteiger partial charge in [0.2, 0.25) is 5.96 Å². The van der Waals surface area contributed by atoms with E-state index in [0.717, 1.165) is 0 Å². The third-order valence-corrected chi connectivity index (χ3v) is 0.787. The molecule has 0 saturated heterocycles. The molecule has 0 rings (SSSR count). The molecule has 0 radical (unpaired) electrons. The predicted octanol–water partition coefficient (Wildman–Crippen LogP) is -1.23. The van der Waals surface area contributed by atoms with Crippen LogP contribution in [-0.4, -0.2) is 30.7 Å². The van der Waals surface area contributed by atoms with Crippen LogP contribution in [0.4, 0.5) is 0 Å². The van der Waals surface area contributed by atoms with Crippen LogP contribution >= 0.6 is 0 Å². The van der Waals surface area contributed by atoms with Crippen molar-refractivity contribution in [2.45, 2.75) is 0 Å². The van der Waals surface area contributed by atoms with Gasteiger partial charge >= 0.3 is 5.96 Å². The van der Waals surface area contributed by atoms with E-state index in [-0.39, 0.29) is 5.96 Å². The van der Waals surface area contributed by atoms with E-state index in [4.69, 9.17) is 16.9 Å². The van der Waals surface area contributed by atoms with E-state index < -0.39 is 10.6 Å². The maximum atomic E-state index is 10.9. The first-order valence-corrected chi connectivity index (χ1v) is 2.58. The summed E-state index contributed by atoms with van der Waals surface area (Å²) in [6.45, 7) is 0. The standard InChI is InChI=1S/C4H11N5O/c1-9(2,10)4(7)8-3(5)6/h1-2H3,(H5,5,6,7,8). The summed E-state index contributed by atoms with van der Waals surface area (Å²) in [5, 5.41) is 17.5. The molecule has 0 heterocycles. The normalized spacial score (nSPS) is 13.3. The van der Waals surface area contributed by atoms with E-state index >= 15 is 0 Å². The van der Waals surface area contributed by atoms with Crippen molar-refractivity contribution in [1.29, 1.82) is 5.41 Å². The molecule has 0 saturated carbocycles. The molecule has 0 aliphatic rings. The van der Waals surface area contributed by atoms with Crippen LogP contribution in [0, 0.1) is 10.6 Å². The van der Waals surface area contributed by atoms with Gasteiger partial charge in [-0.15, -0.1) is 4.99 Å². The molecule has 10 heavy (non-hydrogen) atoms. The van der Waals surface area contributed by atoms with Crippen molar-refractivity contribution in [2.24, 2.45) is 16.5 Å². The van der Waals surface area contributed by atoms with Crippen molar-refractivity contribution in [1.82, 2.24) is 0 Å². The average Bonchev–Trinajstić information content (AvgIpc) is 1.60. The molecule has 0 spiro atoms. The highest BCUT2D eigenvalue weighted by Gasteiger charge is 2.08. The summed E-state index contributed by atoms with van der Waals surface area (Å²) < 4.78 is -0.862. The molecule has 0 atom stereocenters. The van der Waals surface area contributed by atoms with Gasteiger partial charge in [-0.05, 0) is 0 Å². The number of rotatable bonds is 0. The summed E-state index contributed by atoms with van der Waals surface area (Å²) in [5.74, 6) is -0.688. The number of hydrogen-bond donors (Lipinski definition) is 3. The molecule has 0 fully saturated rings. The Kier molecular flexibility index (Phi) is 2.33. The lowest BCUT2D eigenvalue weighted by molar-refractivity contribution is -0.744. The third kappa shape index (κ3) is 3.00. The number of hydroxylamine groups is 3. The smallest absolute Gasteiger partial charge is 0.302 e. The van der Waals surface area contributed by atoms with Crippen molar-refractivity contribution < 1.29 is 4.65 Å². The summed E-state index contributed by atoms with van der Waals surface area (Å²) in [7, 11) is 2.59. The number of nitrogens with one attached hydrogen (secondary N) is 1. The highest BCUT2D eigenvalue weighted by molar-refractivity contribution is 5.88. The minimum Gasteiger partial charge on any atom is -0.625 e. The Hall–Kier alpha value is -1.14. The second-order valence-electron chi connectivity index (χ2n) is 2.21. The van der Waals surface area contributed by atoms with Crippen molar-refractivity contribution in [3.8, 4) is 0 Å². The first-order chi connectivity index (χ1) is 4.34. The predicted molar refractivity (Wildman–Crippen MR) is 39.0 cm³/mol. The van der Waals surface area contributed by atoms with Crippen LogP contribution in [0.1, 0.15) is 0 Å². The summed E-state index contributed by atoms with van der Waals surface area (Å²) in [4.78, 5) is 3.26. The van der Waals surface area contributed by atoms with Crippen molar-refractivity contribution >= 4 is 11.9 Å². The minimum absolute atomic E-state index is 0.229. The van der Waals surface area contributed by atoms with Gasteiger partial charge in [0.05, 0.1) is 14.1 Å². The summed E-state index contributed by atoms with van der Waals surface area (Å²) in [6.07, 6.45) is 0. The lowest BCUT2D eigenvalue weighted by atomic mass is 10.8. The van der Waals surface area contributed by atoms with Crippen LogP contribution in [0.25, 0.3) is 0 Å². The summed E-state index contributed by atoms with van der Waals surface area (Å²) >= 11 is 0.